The number of carbonyl (C=O) groups is 1. The quantitative estimate of drug-likeness (QED) is 0.789. The molecule has 0 saturated carbocycles. The number of anilines is 1. The Morgan fingerprint density at radius 1 is 1.33 bits per heavy atom. The van der Waals surface area contributed by atoms with Crippen molar-refractivity contribution in [3.63, 3.8) is 0 Å². The Bertz CT molecular complexity index is 431. The maximum absolute atomic E-state index is 11.3. The fraction of sp³-hybridized carbons (Fsp3) is 0.538. The third kappa shape index (κ3) is 3.12. The van der Waals surface area contributed by atoms with E-state index in [1.165, 1.54) is 22.6 Å². The molecule has 0 saturated heterocycles. The van der Waals surface area contributed by atoms with Gasteiger partial charge < -0.3 is 15.5 Å². The van der Waals surface area contributed by atoms with Crippen LogP contribution < -0.4 is 10.6 Å². The molecule has 0 aromatic carbocycles. The van der Waals surface area contributed by atoms with Crippen molar-refractivity contribution in [2.45, 2.75) is 19.3 Å². The maximum Gasteiger partial charge on any atom is 0.316 e. The minimum Gasteiger partial charge on any atom is -0.368 e. The first-order chi connectivity index (χ1) is 8.66. The van der Waals surface area contributed by atoms with Gasteiger partial charge >= 0.3 is 6.03 Å². The highest BCUT2D eigenvalue weighted by Crippen LogP contribution is 2.21. The van der Waals surface area contributed by atoms with Crippen LogP contribution in [0, 0.1) is 0 Å². The molecule has 5 nitrogen and oxygen atoms in total. The van der Waals surface area contributed by atoms with Gasteiger partial charge in [-0.25, -0.2) is 9.78 Å². The molecule has 0 spiro atoms. The normalized spacial score (nSPS) is 13.0. The Balaban J connectivity index is 1.75. The molecule has 0 unspecified atom stereocenters. The first-order valence-electron chi connectivity index (χ1n) is 6.34. The predicted octanol–water partition coefficient (Wildman–Crippen LogP) is 1.25. The fourth-order valence-electron chi connectivity index (χ4n) is 2.04. The van der Waals surface area contributed by atoms with Crippen molar-refractivity contribution in [2.24, 2.45) is 0 Å². The molecule has 5 heteroatoms. The number of rotatable bonds is 4. The van der Waals surface area contributed by atoms with Crippen LogP contribution in [0.4, 0.5) is 10.6 Å². The number of urea groups is 1. The van der Waals surface area contributed by atoms with Gasteiger partial charge in [0.25, 0.3) is 0 Å². The van der Waals surface area contributed by atoms with Crippen LogP contribution in [-0.2, 0) is 12.8 Å². The first kappa shape index (κ1) is 12.7. The summed E-state index contributed by atoms with van der Waals surface area (Å²) in [6.45, 7) is 1.28. The summed E-state index contributed by atoms with van der Waals surface area (Å²) in [5.41, 5.74) is 2.60. The summed E-state index contributed by atoms with van der Waals surface area (Å²) >= 11 is 0. The summed E-state index contributed by atoms with van der Waals surface area (Å²) in [4.78, 5) is 17.4. The van der Waals surface area contributed by atoms with Crippen molar-refractivity contribution in [3.05, 3.63) is 23.4 Å². The lowest BCUT2D eigenvalue weighted by Gasteiger charge is -2.12. The second kappa shape index (κ2) is 5.71. The minimum atomic E-state index is -0.0706. The molecule has 1 heterocycles. The lowest BCUT2D eigenvalue weighted by molar-refractivity contribution is 0.218. The third-order valence-corrected chi connectivity index (χ3v) is 3.04. The molecule has 1 aromatic rings. The summed E-state index contributed by atoms with van der Waals surface area (Å²) in [6, 6.07) is 4.09. The molecule has 1 aliphatic carbocycles. The van der Waals surface area contributed by atoms with Crippen LogP contribution in [0.1, 0.15) is 17.7 Å². The molecule has 2 amide bonds. The molecule has 2 rings (SSSR count). The highest BCUT2D eigenvalue weighted by atomic mass is 16.2. The lowest BCUT2D eigenvalue weighted by Crippen LogP contribution is -2.37. The molecule has 0 bridgehead atoms. The Labute approximate surface area is 108 Å². The number of hydrogen-bond acceptors (Lipinski definition) is 3. The summed E-state index contributed by atoms with van der Waals surface area (Å²) in [5, 5.41) is 6.03. The molecule has 2 N–H and O–H groups in total. The van der Waals surface area contributed by atoms with E-state index in [4.69, 9.17) is 0 Å². The van der Waals surface area contributed by atoms with Gasteiger partial charge in [0.1, 0.15) is 5.82 Å². The molecular weight excluding hydrogens is 228 g/mol. The van der Waals surface area contributed by atoms with E-state index in [9.17, 15) is 4.79 Å². The van der Waals surface area contributed by atoms with Gasteiger partial charge in [0, 0.05) is 32.9 Å². The zero-order valence-electron chi connectivity index (χ0n) is 11.0. The van der Waals surface area contributed by atoms with Crippen LogP contribution in [0.5, 0.6) is 0 Å². The largest absolute Gasteiger partial charge is 0.368 e. The van der Waals surface area contributed by atoms with Gasteiger partial charge in [-0.1, -0.05) is 6.07 Å². The fourth-order valence-corrected chi connectivity index (χ4v) is 2.04. The third-order valence-electron chi connectivity index (χ3n) is 3.04. The number of nitrogens with zero attached hydrogens (tertiary/aromatic N) is 2. The molecule has 0 aliphatic heterocycles. The van der Waals surface area contributed by atoms with Crippen molar-refractivity contribution in [1.29, 1.82) is 0 Å². The molecule has 0 atom stereocenters. The number of fused-ring (bicyclic) bond motifs is 1. The van der Waals surface area contributed by atoms with Crippen LogP contribution >= 0.6 is 0 Å². The van der Waals surface area contributed by atoms with Crippen LogP contribution in [0.25, 0.3) is 0 Å². The standard InChI is InChI=1S/C13H20N4O/c1-17(2)13(18)15-9-8-14-12-7-6-10-4-3-5-11(10)16-12/h6-7H,3-5,8-9H2,1-2H3,(H,14,16)(H,15,18). The number of hydrogen-bond donors (Lipinski definition) is 2. The van der Waals surface area contributed by atoms with Crippen molar-refractivity contribution in [2.75, 3.05) is 32.5 Å². The number of nitrogens with one attached hydrogen (secondary N) is 2. The summed E-state index contributed by atoms with van der Waals surface area (Å²) in [7, 11) is 3.45. The van der Waals surface area contributed by atoms with E-state index in [0.717, 1.165) is 18.7 Å². The SMILES string of the molecule is CN(C)C(=O)NCCNc1ccc2c(n1)CCC2. The van der Waals surface area contributed by atoms with E-state index in [1.54, 1.807) is 14.1 Å². The van der Waals surface area contributed by atoms with E-state index in [-0.39, 0.29) is 6.03 Å². The van der Waals surface area contributed by atoms with Crippen LogP contribution in [0.15, 0.2) is 12.1 Å². The van der Waals surface area contributed by atoms with E-state index in [2.05, 4.69) is 21.7 Å². The predicted molar refractivity (Wildman–Crippen MR) is 71.8 cm³/mol. The molecule has 1 aromatic heterocycles. The average molecular weight is 248 g/mol. The second-order valence-electron chi connectivity index (χ2n) is 4.71. The van der Waals surface area contributed by atoms with Crippen molar-refractivity contribution >= 4 is 11.8 Å². The Morgan fingerprint density at radius 2 is 2.17 bits per heavy atom. The van der Waals surface area contributed by atoms with Gasteiger partial charge in [0.2, 0.25) is 0 Å². The van der Waals surface area contributed by atoms with Crippen molar-refractivity contribution in [3.8, 4) is 0 Å². The lowest BCUT2D eigenvalue weighted by atomic mass is 10.2. The molecule has 98 valence electrons. The molecule has 1 aliphatic rings. The number of carbonyl (C=O) groups excluding carboxylic acids is 1. The number of amides is 2. The van der Waals surface area contributed by atoms with Gasteiger partial charge in [0.15, 0.2) is 0 Å². The van der Waals surface area contributed by atoms with Crippen molar-refractivity contribution in [1.82, 2.24) is 15.2 Å². The molecule has 0 radical (unpaired) electrons. The number of aryl methyl sites for hydroxylation is 2. The summed E-state index contributed by atoms with van der Waals surface area (Å²) in [5.74, 6) is 0.898. The summed E-state index contributed by atoms with van der Waals surface area (Å²) in [6.07, 6.45) is 3.45. The highest BCUT2D eigenvalue weighted by molar-refractivity contribution is 5.73. The Morgan fingerprint density at radius 3 is 2.94 bits per heavy atom. The zero-order valence-corrected chi connectivity index (χ0v) is 11.0. The first-order valence-corrected chi connectivity index (χ1v) is 6.34. The smallest absolute Gasteiger partial charge is 0.316 e. The van der Waals surface area contributed by atoms with Gasteiger partial charge in [-0.15, -0.1) is 0 Å². The second-order valence-corrected chi connectivity index (χ2v) is 4.71. The van der Waals surface area contributed by atoms with Crippen LogP contribution in [0.3, 0.4) is 0 Å². The topological polar surface area (TPSA) is 57.3 Å². The average Bonchev–Trinajstić information content (AvgIpc) is 2.81. The number of aromatic nitrogens is 1. The maximum atomic E-state index is 11.3. The zero-order chi connectivity index (χ0) is 13.0. The van der Waals surface area contributed by atoms with E-state index >= 15 is 0 Å². The van der Waals surface area contributed by atoms with E-state index in [1.807, 2.05) is 6.07 Å². The van der Waals surface area contributed by atoms with E-state index in [0.29, 0.717) is 13.1 Å². The monoisotopic (exact) mass is 248 g/mol. The Kier molecular flexibility index (Phi) is 4.02. The van der Waals surface area contributed by atoms with Gasteiger partial charge in [0.05, 0.1) is 0 Å². The van der Waals surface area contributed by atoms with Crippen LogP contribution in [0.2, 0.25) is 0 Å². The highest BCUT2D eigenvalue weighted by Gasteiger charge is 2.12. The molecule has 18 heavy (non-hydrogen) atoms. The molecular formula is C13H20N4O. The molecule has 0 fully saturated rings. The van der Waals surface area contributed by atoms with Crippen LogP contribution in [-0.4, -0.2) is 43.1 Å². The minimum absolute atomic E-state index is 0.0706. The van der Waals surface area contributed by atoms with Gasteiger partial charge in [-0.3, -0.25) is 0 Å². The van der Waals surface area contributed by atoms with Gasteiger partial charge in [-0.2, -0.15) is 0 Å². The van der Waals surface area contributed by atoms with E-state index < -0.39 is 0 Å². The van der Waals surface area contributed by atoms with Gasteiger partial charge in [-0.05, 0) is 30.9 Å². The van der Waals surface area contributed by atoms with Crippen molar-refractivity contribution < 1.29 is 4.79 Å². The number of pyridine rings is 1. The summed E-state index contributed by atoms with van der Waals surface area (Å²) < 4.78 is 0. The Hall–Kier alpha value is -1.78.